The minimum absolute atomic E-state index is 0.136. The lowest BCUT2D eigenvalue weighted by molar-refractivity contribution is -0.870. The summed E-state index contributed by atoms with van der Waals surface area (Å²) in [4.78, 5) is 37.0. The van der Waals surface area contributed by atoms with Gasteiger partial charge < -0.3 is 33.3 Å². The summed E-state index contributed by atoms with van der Waals surface area (Å²) >= 11 is 0. The Morgan fingerprint density at radius 3 is 1.45 bits per heavy atom. The average Bonchev–Trinajstić information content (AvgIpc) is 3.18. The first-order valence-electron chi connectivity index (χ1n) is 22.9. The van der Waals surface area contributed by atoms with Gasteiger partial charge in [-0.2, -0.15) is 0 Å². The summed E-state index contributed by atoms with van der Waals surface area (Å²) in [7, 11) is 5.89. The summed E-state index contributed by atoms with van der Waals surface area (Å²) in [5.74, 6) is -2.37. The molecule has 0 aromatic heterocycles. The molecule has 0 heterocycles. The third kappa shape index (κ3) is 41.2. The SMILES string of the molecule is CC/C=C\C/C=C\C/C=C\C/C=C\C/C=C\CCCC(=O)OC(COC(=O)CCCCCCCCCCCCCCCCCC)COC(OCC[N+](C)(C)C)C(=O)[O-]. The van der Waals surface area contributed by atoms with E-state index < -0.39 is 24.3 Å². The molecule has 2 atom stereocenters. The number of hydrogen-bond donors (Lipinski definition) is 0. The summed E-state index contributed by atoms with van der Waals surface area (Å²) in [5.41, 5.74) is 0. The summed E-state index contributed by atoms with van der Waals surface area (Å²) in [5, 5.41) is 11.7. The first-order chi connectivity index (χ1) is 28.1. The van der Waals surface area contributed by atoms with Crippen LogP contribution in [0.25, 0.3) is 0 Å². The Labute approximate surface area is 355 Å². The van der Waals surface area contributed by atoms with E-state index in [1.807, 2.05) is 27.2 Å². The van der Waals surface area contributed by atoms with Gasteiger partial charge in [0.25, 0.3) is 0 Å². The molecule has 0 bridgehead atoms. The van der Waals surface area contributed by atoms with Gasteiger partial charge in [-0.25, -0.2) is 0 Å². The second kappa shape index (κ2) is 40.8. The first kappa shape index (κ1) is 55.0. The minimum Gasteiger partial charge on any atom is -0.545 e. The Balaban J connectivity index is 4.52. The molecular formula is C49H85NO8. The first-order valence-corrected chi connectivity index (χ1v) is 22.9. The zero-order chi connectivity index (χ0) is 42.8. The van der Waals surface area contributed by atoms with Crippen molar-refractivity contribution in [1.29, 1.82) is 0 Å². The molecule has 0 amide bonds. The monoisotopic (exact) mass is 816 g/mol. The molecule has 58 heavy (non-hydrogen) atoms. The maximum Gasteiger partial charge on any atom is 0.306 e. The van der Waals surface area contributed by atoms with Gasteiger partial charge in [0.05, 0.1) is 40.3 Å². The topological polar surface area (TPSA) is 111 Å². The number of esters is 2. The van der Waals surface area contributed by atoms with Gasteiger partial charge >= 0.3 is 11.9 Å². The van der Waals surface area contributed by atoms with Crippen molar-refractivity contribution >= 4 is 17.9 Å². The number of hydrogen-bond acceptors (Lipinski definition) is 8. The van der Waals surface area contributed by atoms with E-state index in [4.69, 9.17) is 18.9 Å². The third-order valence-electron chi connectivity index (χ3n) is 9.53. The number of likely N-dealkylation sites (N-methyl/N-ethyl adjacent to an activating group) is 1. The van der Waals surface area contributed by atoms with E-state index in [0.717, 1.165) is 51.4 Å². The lowest BCUT2D eigenvalue weighted by Gasteiger charge is -2.26. The molecule has 334 valence electrons. The number of quaternary nitrogens is 1. The number of carboxylic acids is 1. The predicted octanol–water partition coefficient (Wildman–Crippen LogP) is 10.8. The Morgan fingerprint density at radius 2 is 0.983 bits per heavy atom. The third-order valence-corrected chi connectivity index (χ3v) is 9.53. The lowest BCUT2D eigenvalue weighted by atomic mass is 10.0. The van der Waals surface area contributed by atoms with Crippen molar-refractivity contribution in [2.24, 2.45) is 0 Å². The molecule has 0 saturated heterocycles. The van der Waals surface area contributed by atoms with E-state index in [9.17, 15) is 19.5 Å². The highest BCUT2D eigenvalue weighted by Crippen LogP contribution is 2.15. The Morgan fingerprint density at radius 1 is 0.534 bits per heavy atom. The number of rotatable bonds is 41. The van der Waals surface area contributed by atoms with Gasteiger partial charge in [0.1, 0.15) is 13.2 Å². The van der Waals surface area contributed by atoms with Crippen LogP contribution in [0.5, 0.6) is 0 Å². The highest BCUT2D eigenvalue weighted by atomic mass is 16.7. The van der Waals surface area contributed by atoms with E-state index in [0.29, 0.717) is 23.9 Å². The van der Waals surface area contributed by atoms with E-state index >= 15 is 0 Å². The van der Waals surface area contributed by atoms with Crippen LogP contribution in [0.4, 0.5) is 0 Å². The second-order valence-corrected chi connectivity index (χ2v) is 16.3. The summed E-state index contributed by atoms with van der Waals surface area (Å²) in [6.45, 7) is 4.56. The number of carboxylic acid groups (broad SMARTS) is 1. The minimum atomic E-state index is -1.64. The van der Waals surface area contributed by atoms with Crippen molar-refractivity contribution in [3.8, 4) is 0 Å². The molecule has 0 aliphatic rings. The van der Waals surface area contributed by atoms with Crippen LogP contribution in [0.1, 0.15) is 174 Å². The number of carbonyl (C=O) groups excluding carboxylic acids is 3. The molecule has 0 rings (SSSR count). The number of carbonyl (C=O) groups is 3. The summed E-state index contributed by atoms with van der Waals surface area (Å²) in [6, 6.07) is 0. The van der Waals surface area contributed by atoms with Crippen molar-refractivity contribution in [1.82, 2.24) is 0 Å². The second-order valence-electron chi connectivity index (χ2n) is 16.3. The molecule has 0 N–H and O–H groups in total. The molecule has 9 nitrogen and oxygen atoms in total. The molecular weight excluding hydrogens is 731 g/mol. The van der Waals surface area contributed by atoms with Crippen LogP contribution >= 0.6 is 0 Å². The lowest BCUT2D eigenvalue weighted by Crippen LogP contribution is -2.44. The fraction of sp³-hybridized carbons (Fsp3) is 0.735. The number of unbranched alkanes of at least 4 members (excludes halogenated alkanes) is 16. The van der Waals surface area contributed by atoms with Crippen LogP contribution in [0.15, 0.2) is 60.8 Å². The zero-order valence-corrected chi connectivity index (χ0v) is 37.6. The number of ether oxygens (including phenoxy) is 4. The van der Waals surface area contributed by atoms with Gasteiger partial charge in [-0.05, 0) is 51.4 Å². The van der Waals surface area contributed by atoms with Gasteiger partial charge in [-0.15, -0.1) is 0 Å². The molecule has 9 heteroatoms. The average molecular weight is 816 g/mol. The molecule has 0 spiro atoms. The van der Waals surface area contributed by atoms with Crippen molar-refractivity contribution in [3.63, 3.8) is 0 Å². The van der Waals surface area contributed by atoms with E-state index in [-0.39, 0.29) is 38.6 Å². The van der Waals surface area contributed by atoms with E-state index in [2.05, 4.69) is 68.5 Å². The molecule has 0 aromatic carbocycles. The molecule has 2 unspecified atom stereocenters. The van der Waals surface area contributed by atoms with Gasteiger partial charge in [0.15, 0.2) is 12.4 Å². The molecule has 0 aliphatic carbocycles. The van der Waals surface area contributed by atoms with Gasteiger partial charge in [0.2, 0.25) is 0 Å². The number of allylic oxidation sites excluding steroid dienone is 10. The Hall–Kier alpha value is -3.01. The smallest absolute Gasteiger partial charge is 0.306 e. The maximum atomic E-state index is 12.7. The maximum absolute atomic E-state index is 12.7. The predicted molar refractivity (Wildman–Crippen MR) is 237 cm³/mol. The van der Waals surface area contributed by atoms with E-state index in [1.54, 1.807) is 0 Å². The molecule has 0 fully saturated rings. The van der Waals surface area contributed by atoms with Crippen molar-refractivity contribution < 1.29 is 42.9 Å². The highest BCUT2D eigenvalue weighted by Gasteiger charge is 2.21. The van der Waals surface area contributed by atoms with Crippen LogP contribution < -0.4 is 5.11 Å². The largest absolute Gasteiger partial charge is 0.545 e. The van der Waals surface area contributed by atoms with Crippen molar-refractivity contribution in [2.45, 2.75) is 187 Å². The molecule has 0 saturated carbocycles. The fourth-order valence-corrected chi connectivity index (χ4v) is 5.98. The van der Waals surface area contributed by atoms with Crippen LogP contribution in [0, 0.1) is 0 Å². The molecule has 0 aromatic rings. The number of aliphatic carboxylic acids is 1. The Kier molecular flexibility index (Phi) is 38.6. The van der Waals surface area contributed by atoms with Gasteiger partial charge in [-0.1, -0.05) is 171 Å². The summed E-state index contributed by atoms with van der Waals surface area (Å²) < 4.78 is 22.5. The zero-order valence-electron chi connectivity index (χ0n) is 37.6. The normalized spacial score (nSPS) is 13.5. The van der Waals surface area contributed by atoms with Crippen LogP contribution in [0.3, 0.4) is 0 Å². The van der Waals surface area contributed by atoms with E-state index in [1.165, 1.54) is 83.5 Å². The van der Waals surface area contributed by atoms with Gasteiger partial charge in [-0.3, -0.25) is 9.59 Å². The van der Waals surface area contributed by atoms with Crippen molar-refractivity contribution in [3.05, 3.63) is 60.8 Å². The summed E-state index contributed by atoms with van der Waals surface area (Å²) in [6.07, 6.45) is 45.4. The van der Waals surface area contributed by atoms with Crippen molar-refractivity contribution in [2.75, 3.05) is 47.5 Å². The van der Waals surface area contributed by atoms with Crippen LogP contribution in [-0.2, 0) is 33.3 Å². The number of nitrogens with zero attached hydrogens (tertiary/aromatic N) is 1. The Bertz CT molecular complexity index is 1140. The van der Waals surface area contributed by atoms with Crippen LogP contribution in [-0.4, -0.2) is 82.3 Å². The fourth-order valence-electron chi connectivity index (χ4n) is 5.98. The van der Waals surface area contributed by atoms with Gasteiger partial charge in [0, 0.05) is 12.8 Å². The quantitative estimate of drug-likeness (QED) is 0.0197. The molecule has 0 radical (unpaired) electrons. The standard InChI is InChI=1S/C49H85NO8/c1-6-8-10-12-14-16-18-20-22-24-26-28-30-32-34-36-38-40-47(52)58-45(44-57-49(48(53)54)55-42-41-50(3,4)5)43-56-46(51)39-37-35-33-31-29-27-25-23-21-19-17-15-13-11-9-7-2/h8,10,14,16,20,22,26,28,32,34,45,49H,6-7,9,11-13,15,17-19,21,23-25,27,29-31,33,35-44H2,1-5H3/b10-8-,16-14-,22-20-,28-26-,34-32-. The van der Waals surface area contributed by atoms with Crippen LogP contribution in [0.2, 0.25) is 0 Å². The molecule has 0 aliphatic heterocycles. The highest BCUT2D eigenvalue weighted by molar-refractivity contribution is 5.70.